The quantitative estimate of drug-likeness (QED) is 0.901. The van der Waals surface area contributed by atoms with Crippen LogP contribution in [0.3, 0.4) is 0 Å². The van der Waals surface area contributed by atoms with E-state index in [1.165, 1.54) is 6.20 Å². The molecule has 21 heavy (non-hydrogen) atoms. The van der Waals surface area contributed by atoms with Crippen LogP contribution in [0.5, 0.6) is 0 Å². The van der Waals surface area contributed by atoms with Gasteiger partial charge < -0.3 is 15.1 Å². The molecule has 1 atom stereocenters. The molecule has 2 heterocycles. The van der Waals surface area contributed by atoms with Crippen molar-refractivity contribution < 1.29 is 4.39 Å². The molecule has 0 amide bonds. The first-order valence-corrected chi connectivity index (χ1v) is 7.77. The highest BCUT2D eigenvalue weighted by Gasteiger charge is 2.24. The van der Waals surface area contributed by atoms with Crippen LogP contribution in [0.2, 0.25) is 0 Å². The van der Waals surface area contributed by atoms with E-state index in [2.05, 4.69) is 47.9 Å². The molecule has 0 aliphatic carbocycles. The van der Waals surface area contributed by atoms with E-state index >= 15 is 0 Å². The molecule has 1 aliphatic rings. The number of nitrogens with one attached hydrogen (secondary N) is 1. The first-order valence-electron chi connectivity index (χ1n) is 7.77. The normalized spacial score (nSPS) is 20.3. The summed E-state index contributed by atoms with van der Waals surface area (Å²) in [7, 11) is 2.14. The van der Waals surface area contributed by atoms with Crippen LogP contribution < -0.4 is 10.2 Å². The molecule has 1 aromatic heterocycles. The minimum atomic E-state index is -0.262. The van der Waals surface area contributed by atoms with Crippen molar-refractivity contribution in [3.8, 4) is 0 Å². The fourth-order valence-electron chi connectivity index (χ4n) is 2.81. The molecule has 2 rings (SSSR count). The zero-order valence-corrected chi connectivity index (χ0v) is 13.6. The first kappa shape index (κ1) is 16.2. The van der Waals surface area contributed by atoms with E-state index < -0.39 is 0 Å². The van der Waals surface area contributed by atoms with Crippen molar-refractivity contribution in [2.45, 2.75) is 33.4 Å². The topological polar surface area (TPSA) is 31.4 Å². The number of hydrogen-bond donors (Lipinski definition) is 1. The van der Waals surface area contributed by atoms with Gasteiger partial charge in [-0.05, 0) is 32.5 Å². The van der Waals surface area contributed by atoms with Crippen LogP contribution in [0, 0.1) is 11.7 Å². The summed E-state index contributed by atoms with van der Waals surface area (Å²) in [5.74, 6) is 1.24. The SMILES string of the molecule is CC(C)CNCc1cc(F)cnc1N1CCN(C)CC1C. The third kappa shape index (κ3) is 4.38. The summed E-state index contributed by atoms with van der Waals surface area (Å²) in [4.78, 5) is 8.99. The molecular weight excluding hydrogens is 267 g/mol. The van der Waals surface area contributed by atoms with Crippen LogP contribution in [0.4, 0.5) is 10.2 Å². The van der Waals surface area contributed by atoms with Crippen LogP contribution >= 0.6 is 0 Å². The Hall–Kier alpha value is -1.20. The molecule has 0 aromatic carbocycles. The average molecular weight is 294 g/mol. The molecule has 1 N–H and O–H groups in total. The van der Waals surface area contributed by atoms with Gasteiger partial charge in [0.2, 0.25) is 0 Å². The van der Waals surface area contributed by atoms with Gasteiger partial charge in [0.25, 0.3) is 0 Å². The lowest BCUT2D eigenvalue weighted by Gasteiger charge is -2.39. The Balaban J connectivity index is 2.14. The highest BCUT2D eigenvalue weighted by atomic mass is 19.1. The number of halogens is 1. The molecule has 1 aliphatic heterocycles. The Kier molecular flexibility index (Phi) is 5.53. The third-order valence-corrected chi connectivity index (χ3v) is 3.88. The van der Waals surface area contributed by atoms with E-state index in [1.54, 1.807) is 6.07 Å². The monoisotopic (exact) mass is 294 g/mol. The molecular formula is C16H27FN4. The zero-order valence-electron chi connectivity index (χ0n) is 13.6. The fourth-order valence-corrected chi connectivity index (χ4v) is 2.81. The summed E-state index contributed by atoms with van der Waals surface area (Å²) in [5.41, 5.74) is 0.951. The Bertz CT molecular complexity index is 464. The van der Waals surface area contributed by atoms with Gasteiger partial charge in [-0.15, -0.1) is 0 Å². The van der Waals surface area contributed by atoms with Crippen LogP contribution in [-0.4, -0.2) is 49.2 Å². The van der Waals surface area contributed by atoms with Gasteiger partial charge in [0.15, 0.2) is 0 Å². The molecule has 1 fully saturated rings. The molecule has 5 heteroatoms. The predicted molar refractivity (Wildman–Crippen MR) is 85.0 cm³/mol. The summed E-state index contributed by atoms with van der Waals surface area (Å²) in [6, 6.07) is 2.01. The Morgan fingerprint density at radius 1 is 1.43 bits per heavy atom. The number of pyridine rings is 1. The second-order valence-electron chi connectivity index (χ2n) is 6.47. The van der Waals surface area contributed by atoms with Crippen molar-refractivity contribution in [1.29, 1.82) is 0 Å². The van der Waals surface area contributed by atoms with Gasteiger partial charge in [0, 0.05) is 37.8 Å². The molecule has 118 valence electrons. The zero-order chi connectivity index (χ0) is 15.4. The van der Waals surface area contributed by atoms with E-state index in [-0.39, 0.29) is 5.82 Å². The summed E-state index contributed by atoms with van der Waals surface area (Å²) >= 11 is 0. The van der Waals surface area contributed by atoms with E-state index in [9.17, 15) is 4.39 Å². The number of piperazine rings is 1. The van der Waals surface area contributed by atoms with Crippen molar-refractivity contribution in [1.82, 2.24) is 15.2 Å². The predicted octanol–water partition coefficient (Wildman–Crippen LogP) is 2.11. The molecule has 4 nitrogen and oxygen atoms in total. The van der Waals surface area contributed by atoms with Crippen molar-refractivity contribution in [3.63, 3.8) is 0 Å². The smallest absolute Gasteiger partial charge is 0.141 e. The van der Waals surface area contributed by atoms with Crippen LogP contribution in [0.1, 0.15) is 26.3 Å². The number of rotatable bonds is 5. The molecule has 1 aromatic rings. The number of likely N-dealkylation sites (N-methyl/N-ethyl adjacent to an activating group) is 1. The van der Waals surface area contributed by atoms with E-state index in [0.717, 1.165) is 37.6 Å². The van der Waals surface area contributed by atoms with Crippen LogP contribution in [0.25, 0.3) is 0 Å². The highest BCUT2D eigenvalue weighted by Crippen LogP contribution is 2.23. The second-order valence-corrected chi connectivity index (χ2v) is 6.47. The Morgan fingerprint density at radius 3 is 2.86 bits per heavy atom. The van der Waals surface area contributed by atoms with E-state index in [1.807, 2.05) is 0 Å². The van der Waals surface area contributed by atoms with Crippen molar-refractivity contribution in [2.75, 3.05) is 38.1 Å². The van der Waals surface area contributed by atoms with Crippen molar-refractivity contribution >= 4 is 5.82 Å². The van der Waals surface area contributed by atoms with Crippen LogP contribution in [-0.2, 0) is 6.54 Å². The van der Waals surface area contributed by atoms with E-state index in [4.69, 9.17) is 0 Å². The number of nitrogens with zero attached hydrogens (tertiary/aromatic N) is 3. The average Bonchev–Trinajstić information content (AvgIpc) is 2.39. The maximum Gasteiger partial charge on any atom is 0.141 e. The molecule has 0 spiro atoms. The highest BCUT2D eigenvalue weighted by molar-refractivity contribution is 5.48. The molecule has 0 radical (unpaired) electrons. The lowest BCUT2D eigenvalue weighted by atomic mass is 10.1. The molecule has 1 unspecified atom stereocenters. The molecule has 0 saturated carbocycles. The first-order chi connectivity index (χ1) is 9.97. The minimum absolute atomic E-state index is 0.262. The van der Waals surface area contributed by atoms with Gasteiger partial charge in [0.05, 0.1) is 6.20 Å². The maximum atomic E-state index is 13.5. The molecule has 1 saturated heterocycles. The third-order valence-electron chi connectivity index (χ3n) is 3.88. The van der Waals surface area contributed by atoms with Crippen molar-refractivity contribution in [2.24, 2.45) is 5.92 Å². The van der Waals surface area contributed by atoms with Gasteiger partial charge in [-0.2, -0.15) is 0 Å². The lowest BCUT2D eigenvalue weighted by molar-refractivity contribution is 0.274. The van der Waals surface area contributed by atoms with Crippen LogP contribution in [0.15, 0.2) is 12.3 Å². The Labute approximate surface area is 127 Å². The largest absolute Gasteiger partial charge is 0.351 e. The standard InChI is InChI=1S/C16H27FN4/c1-12(2)8-18-9-14-7-15(17)10-19-16(14)21-6-5-20(4)11-13(21)3/h7,10,12-13,18H,5-6,8-9,11H2,1-4H3. The number of anilines is 1. The number of aromatic nitrogens is 1. The minimum Gasteiger partial charge on any atom is -0.351 e. The van der Waals surface area contributed by atoms with Gasteiger partial charge >= 0.3 is 0 Å². The lowest BCUT2D eigenvalue weighted by Crippen LogP contribution is -2.51. The Morgan fingerprint density at radius 2 is 2.19 bits per heavy atom. The van der Waals surface area contributed by atoms with Gasteiger partial charge in [0.1, 0.15) is 11.6 Å². The van der Waals surface area contributed by atoms with Crippen molar-refractivity contribution in [3.05, 3.63) is 23.6 Å². The fraction of sp³-hybridized carbons (Fsp3) is 0.688. The second kappa shape index (κ2) is 7.18. The van der Waals surface area contributed by atoms with E-state index in [0.29, 0.717) is 18.5 Å². The summed E-state index contributed by atoms with van der Waals surface area (Å²) in [6.45, 7) is 11.1. The number of hydrogen-bond acceptors (Lipinski definition) is 4. The maximum absolute atomic E-state index is 13.5. The summed E-state index contributed by atoms with van der Waals surface area (Å²) < 4.78 is 13.5. The van der Waals surface area contributed by atoms with Gasteiger partial charge in [-0.1, -0.05) is 13.8 Å². The summed E-state index contributed by atoms with van der Waals surface area (Å²) in [6.07, 6.45) is 1.33. The summed E-state index contributed by atoms with van der Waals surface area (Å²) in [5, 5.41) is 3.39. The molecule has 0 bridgehead atoms. The van der Waals surface area contributed by atoms with Gasteiger partial charge in [-0.25, -0.2) is 9.37 Å². The van der Waals surface area contributed by atoms with Gasteiger partial charge in [-0.3, -0.25) is 0 Å².